The van der Waals surface area contributed by atoms with E-state index in [9.17, 15) is 0 Å². The number of thiophene rings is 1. The lowest BCUT2D eigenvalue weighted by Gasteiger charge is -2.24. The van der Waals surface area contributed by atoms with E-state index in [2.05, 4.69) is 66.0 Å². The number of guanidine groups is 1. The van der Waals surface area contributed by atoms with Gasteiger partial charge in [-0.3, -0.25) is 4.99 Å². The summed E-state index contributed by atoms with van der Waals surface area (Å²) in [6.45, 7) is 6.35. The summed E-state index contributed by atoms with van der Waals surface area (Å²) in [7, 11) is 6.06. The highest BCUT2D eigenvalue weighted by Gasteiger charge is 2.15. The fraction of sp³-hybridized carbons (Fsp3) is 0.688. The Hall–Kier alpha value is -0.340. The third kappa shape index (κ3) is 8.33. The SMILES string of the molecule is CN=C(NCCCC(C)C)NCC(c1cccs1)N(C)C.I. The van der Waals surface area contributed by atoms with Gasteiger partial charge in [0.2, 0.25) is 0 Å². The zero-order valence-corrected chi connectivity index (χ0v) is 17.6. The number of hydrogen-bond acceptors (Lipinski definition) is 3. The van der Waals surface area contributed by atoms with Gasteiger partial charge in [-0.2, -0.15) is 0 Å². The normalized spacial score (nSPS) is 13.1. The van der Waals surface area contributed by atoms with Crippen LogP contribution in [0.2, 0.25) is 0 Å². The van der Waals surface area contributed by atoms with Crippen molar-refractivity contribution in [2.24, 2.45) is 10.9 Å². The molecule has 1 unspecified atom stereocenters. The van der Waals surface area contributed by atoms with Crippen LogP contribution in [0.5, 0.6) is 0 Å². The highest BCUT2D eigenvalue weighted by molar-refractivity contribution is 14.0. The molecule has 0 radical (unpaired) electrons. The summed E-state index contributed by atoms with van der Waals surface area (Å²) in [5.74, 6) is 1.65. The molecule has 0 aliphatic heterocycles. The molecule has 1 aromatic heterocycles. The van der Waals surface area contributed by atoms with E-state index in [1.165, 1.54) is 17.7 Å². The number of hydrogen-bond donors (Lipinski definition) is 2. The molecule has 0 aromatic carbocycles. The van der Waals surface area contributed by atoms with E-state index < -0.39 is 0 Å². The van der Waals surface area contributed by atoms with E-state index in [4.69, 9.17) is 0 Å². The molecular formula is C16H31IN4S. The predicted octanol–water partition coefficient (Wildman–Crippen LogP) is 3.57. The fourth-order valence-corrected chi connectivity index (χ4v) is 3.07. The fourth-order valence-electron chi connectivity index (χ4n) is 2.15. The Labute approximate surface area is 156 Å². The molecule has 0 aliphatic rings. The Kier molecular flexibility index (Phi) is 11.9. The molecule has 22 heavy (non-hydrogen) atoms. The van der Waals surface area contributed by atoms with Crippen molar-refractivity contribution in [2.75, 3.05) is 34.2 Å². The first-order valence-electron chi connectivity index (χ1n) is 7.69. The monoisotopic (exact) mass is 438 g/mol. The summed E-state index contributed by atoms with van der Waals surface area (Å²) in [4.78, 5) is 7.92. The van der Waals surface area contributed by atoms with E-state index in [0.717, 1.165) is 25.0 Å². The minimum absolute atomic E-state index is 0. The third-order valence-electron chi connectivity index (χ3n) is 3.43. The molecule has 0 bridgehead atoms. The van der Waals surface area contributed by atoms with E-state index in [1.807, 2.05) is 7.05 Å². The maximum atomic E-state index is 4.30. The summed E-state index contributed by atoms with van der Waals surface area (Å²) < 4.78 is 0. The van der Waals surface area contributed by atoms with Crippen molar-refractivity contribution in [2.45, 2.75) is 32.7 Å². The molecule has 0 saturated heterocycles. The van der Waals surface area contributed by atoms with Crippen LogP contribution in [0, 0.1) is 5.92 Å². The van der Waals surface area contributed by atoms with Crippen molar-refractivity contribution in [3.8, 4) is 0 Å². The second-order valence-electron chi connectivity index (χ2n) is 5.91. The van der Waals surface area contributed by atoms with Crippen molar-refractivity contribution in [3.63, 3.8) is 0 Å². The zero-order valence-electron chi connectivity index (χ0n) is 14.4. The molecule has 1 aromatic rings. The van der Waals surface area contributed by atoms with Gasteiger partial charge >= 0.3 is 0 Å². The Balaban J connectivity index is 0.00000441. The maximum absolute atomic E-state index is 4.30. The van der Waals surface area contributed by atoms with Crippen LogP contribution in [0.1, 0.15) is 37.6 Å². The Morgan fingerprint density at radius 3 is 2.55 bits per heavy atom. The summed E-state index contributed by atoms with van der Waals surface area (Å²) in [5.41, 5.74) is 0. The Morgan fingerprint density at radius 2 is 2.05 bits per heavy atom. The van der Waals surface area contributed by atoms with Crippen LogP contribution in [-0.2, 0) is 0 Å². The molecule has 0 aliphatic carbocycles. The van der Waals surface area contributed by atoms with Crippen LogP contribution >= 0.6 is 35.3 Å². The molecule has 4 nitrogen and oxygen atoms in total. The maximum Gasteiger partial charge on any atom is 0.191 e. The summed E-state index contributed by atoms with van der Waals surface area (Å²) in [6, 6.07) is 4.67. The van der Waals surface area contributed by atoms with Crippen LogP contribution in [0.4, 0.5) is 0 Å². The minimum Gasteiger partial charge on any atom is -0.356 e. The first kappa shape index (κ1) is 21.7. The third-order valence-corrected chi connectivity index (χ3v) is 4.41. The smallest absolute Gasteiger partial charge is 0.191 e. The molecule has 6 heteroatoms. The van der Waals surface area contributed by atoms with Gasteiger partial charge in [-0.15, -0.1) is 35.3 Å². The zero-order chi connectivity index (χ0) is 15.7. The van der Waals surface area contributed by atoms with E-state index in [0.29, 0.717) is 6.04 Å². The molecule has 1 rings (SSSR count). The Morgan fingerprint density at radius 1 is 1.32 bits per heavy atom. The molecule has 2 N–H and O–H groups in total. The van der Waals surface area contributed by atoms with Crippen LogP contribution in [0.25, 0.3) is 0 Å². The second-order valence-corrected chi connectivity index (χ2v) is 6.89. The highest BCUT2D eigenvalue weighted by atomic mass is 127. The van der Waals surface area contributed by atoms with Crippen molar-refractivity contribution >= 4 is 41.3 Å². The molecule has 0 spiro atoms. The molecular weight excluding hydrogens is 407 g/mol. The van der Waals surface area contributed by atoms with Gasteiger partial charge in [0.25, 0.3) is 0 Å². The molecule has 1 heterocycles. The molecule has 0 saturated carbocycles. The first-order valence-corrected chi connectivity index (χ1v) is 8.57. The minimum atomic E-state index is 0. The van der Waals surface area contributed by atoms with Gasteiger partial charge < -0.3 is 15.5 Å². The lowest BCUT2D eigenvalue weighted by Crippen LogP contribution is -2.41. The first-order chi connectivity index (χ1) is 10.0. The summed E-state index contributed by atoms with van der Waals surface area (Å²) >= 11 is 1.80. The van der Waals surface area contributed by atoms with Crippen molar-refractivity contribution in [1.29, 1.82) is 0 Å². The topological polar surface area (TPSA) is 39.7 Å². The quantitative estimate of drug-likeness (QED) is 0.282. The van der Waals surface area contributed by atoms with Gasteiger partial charge in [-0.05, 0) is 44.3 Å². The predicted molar refractivity (Wildman–Crippen MR) is 110 cm³/mol. The standard InChI is InChI=1S/C16H30N4S.HI/c1-13(2)8-6-10-18-16(17-3)19-12-14(20(4)5)15-9-7-11-21-15;/h7,9,11,13-14H,6,8,10,12H2,1-5H3,(H2,17,18,19);1H. The van der Waals surface area contributed by atoms with Gasteiger partial charge in [0.1, 0.15) is 0 Å². The number of nitrogens with one attached hydrogen (secondary N) is 2. The van der Waals surface area contributed by atoms with Gasteiger partial charge in [0.05, 0.1) is 6.04 Å². The summed E-state index contributed by atoms with van der Waals surface area (Å²) in [6.07, 6.45) is 2.43. The molecule has 128 valence electrons. The average Bonchev–Trinajstić information content (AvgIpc) is 2.94. The van der Waals surface area contributed by atoms with Crippen LogP contribution < -0.4 is 10.6 Å². The van der Waals surface area contributed by atoms with Crippen LogP contribution in [0.15, 0.2) is 22.5 Å². The van der Waals surface area contributed by atoms with Gasteiger partial charge in [0.15, 0.2) is 5.96 Å². The van der Waals surface area contributed by atoms with E-state index in [1.54, 1.807) is 11.3 Å². The van der Waals surface area contributed by atoms with Crippen molar-refractivity contribution < 1.29 is 0 Å². The van der Waals surface area contributed by atoms with Crippen molar-refractivity contribution in [1.82, 2.24) is 15.5 Å². The van der Waals surface area contributed by atoms with Crippen LogP contribution in [-0.4, -0.2) is 45.1 Å². The second kappa shape index (κ2) is 12.1. The summed E-state index contributed by atoms with van der Waals surface area (Å²) in [5, 5.41) is 8.95. The number of nitrogens with zero attached hydrogens (tertiary/aromatic N) is 2. The number of rotatable bonds is 8. The van der Waals surface area contributed by atoms with E-state index in [-0.39, 0.29) is 24.0 Å². The number of likely N-dealkylation sites (N-methyl/N-ethyl adjacent to an activating group) is 1. The lowest BCUT2D eigenvalue weighted by atomic mass is 10.1. The lowest BCUT2D eigenvalue weighted by molar-refractivity contribution is 0.302. The van der Waals surface area contributed by atoms with Gasteiger partial charge in [-0.25, -0.2) is 0 Å². The number of aliphatic imine (C=N–C) groups is 1. The average molecular weight is 438 g/mol. The van der Waals surface area contributed by atoms with E-state index >= 15 is 0 Å². The molecule has 0 fully saturated rings. The molecule has 1 atom stereocenters. The number of halogens is 1. The van der Waals surface area contributed by atoms with Gasteiger partial charge in [0, 0.05) is 25.0 Å². The largest absolute Gasteiger partial charge is 0.356 e. The van der Waals surface area contributed by atoms with Gasteiger partial charge in [-0.1, -0.05) is 19.9 Å². The molecule has 0 amide bonds. The Bertz CT molecular complexity index is 404. The highest BCUT2D eigenvalue weighted by Crippen LogP contribution is 2.22. The van der Waals surface area contributed by atoms with Crippen LogP contribution in [0.3, 0.4) is 0 Å². The van der Waals surface area contributed by atoms with Crippen molar-refractivity contribution in [3.05, 3.63) is 22.4 Å².